The minimum atomic E-state index is -0.449. The second kappa shape index (κ2) is 13.3. The molecule has 2 aromatic heterocycles. The van der Waals surface area contributed by atoms with Gasteiger partial charge in [-0.15, -0.1) is 0 Å². The Morgan fingerprint density at radius 2 is 1.83 bits per heavy atom. The van der Waals surface area contributed by atoms with Crippen LogP contribution in [0.15, 0.2) is 36.5 Å². The molecule has 0 aliphatic carbocycles. The molecule has 0 bridgehead atoms. The van der Waals surface area contributed by atoms with Crippen LogP contribution in [0, 0.1) is 5.82 Å². The predicted molar refractivity (Wildman–Crippen MR) is 169 cm³/mol. The fourth-order valence-electron chi connectivity index (χ4n) is 6.09. The van der Waals surface area contributed by atoms with Crippen molar-refractivity contribution in [2.45, 2.75) is 57.7 Å². The van der Waals surface area contributed by atoms with Crippen LogP contribution in [-0.2, 0) is 0 Å². The van der Waals surface area contributed by atoms with E-state index in [9.17, 15) is 9.50 Å². The highest BCUT2D eigenvalue weighted by Crippen LogP contribution is 2.34. The van der Waals surface area contributed by atoms with Crippen molar-refractivity contribution in [3.63, 3.8) is 0 Å². The number of hydrogen-bond acceptors (Lipinski definition) is 8. The molecule has 2 fully saturated rings. The lowest BCUT2D eigenvalue weighted by molar-refractivity contribution is 0.235. The summed E-state index contributed by atoms with van der Waals surface area (Å²) in [6.45, 7) is 7.64. The number of aliphatic hydroxyl groups is 1. The molecule has 42 heavy (non-hydrogen) atoms. The number of aliphatic hydroxyl groups excluding tert-OH is 1. The molecule has 1 unspecified atom stereocenters. The molecule has 0 radical (unpaired) electrons. The van der Waals surface area contributed by atoms with Crippen LogP contribution in [0.5, 0.6) is 0 Å². The zero-order chi connectivity index (χ0) is 30.0. The maximum absolute atomic E-state index is 14.0. The molecule has 1 N–H and O–H groups in total. The summed E-state index contributed by atoms with van der Waals surface area (Å²) in [4.78, 5) is 23.7. The normalized spacial score (nSPS) is 20.1. The molecule has 2 aliphatic rings. The van der Waals surface area contributed by atoms with E-state index in [0.717, 1.165) is 80.3 Å². The molecule has 5 rings (SSSR count). The smallest absolute Gasteiger partial charge is 0.228 e. The van der Waals surface area contributed by atoms with Crippen molar-refractivity contribution in [3.05, 3.63) is 58.0 Å². The zero-order valence-corrected chi connectivity index (χ0v) is 26.3. The highest BCUT2D eigenvalue weighted by molar-refractivity contribution is 6.33. The SMILES string of the molecule is C[C@@H]1CN(c2ncc(C(CCCO)N(C)C)cc2Cl)CCN1c1cc(-c2ccc(F)c(Cl)c2)nc(N2CCC[C@H]2C)n1. The van der Waals surface area contributed by atoms with Gasteiger partial charge < -0.3 is 24.7 Å². The first-order valence-electron chi connectivity index (χ1n) is 14.7. The summed E-state index contributed by atoms with van der Waals surface area (Å²) in [7, 11) is 4.06. The second-order valence-corrected chi connectivity index (χ2v) is 12.4. The summed E-state index contributed by atoms with van der Waals surface area (Å²) in [6.07, 6.45) is 5.67. The largest absolute Gasteiger partial charge is 0.396 e. The van der Waals surface area contributed by atoms with Crippen molar-refractivity contribution in [2.75, 3.05) is 61.6 Å². The van der Waals surface area contributed by atoms with Crippen LogP contribution in [0.2, 0.25) is 10.0 Å². The van der Waals surface area contributed by atoms with E-state index in [1.807, 2.05) is 32.4 Å². The van der Waals surface area contributed by atoms with Gasteiger partial charge in [-0.05, 0) is 83.5 Å². The molecule has 0 amide bonds. The number of pyridine rings is 1. The van der Waals surface area contributed by atoms with Gasteiger partial charge in [-0.3, -0.25) is 0 Å². The number of rotatable bonds is 9. The Morgan fingerprint density at radius 1 is 1.02 bits per heavy atom. The van der Waals surface area contributed by atoms with Crippen LogP contribution in [0.3, 0.4) is 0 Å². The molecule has 3 atom stereocenters. The Morgan fingerprint density at radius 3 is 2.48 bits per heavy atom. The van der Waals surface area contributed by atoms with E-state index in [4.69, 9.17) is 38.2 Å². The lowest BCUT2D eigenvalue weighted by Gasteiger charge is -2.41. The van der Waals surface area contributed by atoms with Crippen molar-refractivity contribution in [2.24, 2.45) is 0 Å². The first-order chi connectivity index (χ1) is 20.2. The van der Waals surface area contributed by atoms with E-state index in [2.05, 4.69) is 33.4 Å². The molecule has 3 aromatic rings. The third-order valence-electron chi connectivity index (χ3n) is 8.43. The Kier molecular flexibility index (Phi) is 9.72. The molecule has 11 heteroatoms. The van der Waals surface area contributed by atoms with Gasteiger partial charge in [0.15, 0.2) is 0 Å². The number of nitrogens with zero attached hydrogens (tertiary/aromatic N) is 7. The molecule has 0 saturated carbocycles. The number of aromatic nitrogens is 3. The van der Waals surface area contributed by atoms with Crippen LogP contribution < -0.4 is 14.7 Å². The average Bonchev–Trinajstić information content (AvgIpc) is 3.40. The van der Waals surface area contributed by atoms with Gasteiger partial charge in [-0.2, -0.15) is 4.98 Å². The second-order valence-electron chi connectivity index (χ2n) is 11.6. The number of hydrogen-bond donors (Lipinski definition) is 1. The van der Waals surface area contributed by atoms with Crippen molar-refractivity contribution in [1.82, 2.24) is 19.9 Å². The van der Waals surface area contributed by atoms with Crippen LogP contribution in [0.1, 0.15) is 51.1 Å². The van der Waals surface area contributed by atoms with E-state index >= 15 is 0 Å². The fourth-order valence-corrected chi connectivity index (χ4v) is 6.56. The highest BCUT2D eigenvalue weighted by Gasteiger charge is 2.30. The number of piperazine rings is 1. The zero-order valence-electron chi connectivity index (χ0n) is 24.8. The lowest BCUT2D eigenvalue weighted by Crippen LogP contribution is -2.53. The molecular weight excluding hydrogens is 576 g/mol. The van der Waals surface area contributed by atoms with Crippen LogP contribution >= 0.6 is 23.2 Å². The number of halogens is 3. The number of anilines is 3. The van der Waals surface area contributed by atoms with Crippen molar-refractivity contribution >= 4 is 40.8 Å². The molecule has 2 aliphatic heterocycles. The fraction of sp³-hybridized carbons (Fsp3) is 0.516. The molecule has 4 heterocycles. The van der Waals surface area contributed by atoms with Crippen LogP contribution in [0.25, 0.3) is 11.3 Å². The maximum Gasteiger partial charge on any atom is 0.228 e. The van der Waals surface area contributed by atoms with Gasteiger partial charge in [0.1, 0.15) is 17.5 Å². The topological polar surface area (TPSA) is 71.9 Å². The number of benzene rings is 1. The van der Waals surface area contributed by atoms with E-state index in [1.165, 1.54) is 6.07 Å². The molecular formula is C31H40Cl2FN7O. The maximum atomic E-state index is 14.0. The van der Waals surface area contributed by atoms with Gasteiger partial charge >= 0.3 is 0 Å². The van der Waals surface area contributed by atoms with Gasteiger partial charge in [0.05, 0.1) is 15.7 Å². The summed E-state index contributed by atoms with van der Waals surface area (Å²) in [5.74, 6) is 1.87. The van der Waals surface area contributed by atoms with Gasteiger partial charge in [0.2, 0.25) is 5.95 Å². The van der Waals surface area contributed by atoms with E-state index in [0.29, 0.717) is 17.0 Å². The minimum absolute atomic E-state index is 0.0754. The van der Waals surface area contributed by atoms with Gasteiger partial charge in [0.25, 0.3) is 0 Å². The van der Waals surface area contributed by atoms with Gasteiger partial charge in [0, 0.05) is 68.7 Å². The van der Waals surface area contributed by atoms with Crippen LogP contribution in [0.4, 0.5) is 22.0 Å². The summed E-state index contributed by atoms with van der Waals surface area (Å²) in [6, 6.07) is 9.34. The monoisotopic (exact) mass is 615 g/mol. The first-order valence-corrected chi connectivity index (χ1v) is 15.5. The third kappa shape index (κ3) is 6.59. The van der Waals surface area contributed by atoms with Crippen molar-refractivity contribution < 1.29 is 9.50 Å². The molecule has 8 nitrogen and oxygen atoms in total. The minimum Gasteiger partial charge on any atom is -0.396 e. The standard InChI is InChI=1S/C31H40Cl2FN7O/c1-20-7-5-11-41(20)31-36-27(22-9-10-26(34)24(32)15-22)17-29(37-31)40-13-12-39(19-21(40)2)30-25(33)16-23(18-35-30)28(38(3)4)8-6-14-42/h9-10,15-18,20-21,28,42H,5-8,11-14,19H2,1-4H3/t20-,21-,28?/m1/s1. The Hall–Kier alpha value is -2.72. The molecule has 2 saturated heterocycles. The van der Waals surface area contributed by atoms with Crippen molar-refractivity contribution in [3.8, 4) is 11.3 Å². The average molecular weight is 617 g/mol. The summed E-state index contributed by atoms with van der Waals surface area (Å²) < 4.78 is 14.0. The Labute approximate surface area is 258 Å². The van der Waals surface area contributed by atoms with Gasteiger partial charge in [-0.25, -0.2) is 14.4 Å². The Balaban J connectivity index is 1.39. The molecule has 1 aromatic carbocycles. The van der Waals surface area contributed by atoms with E-state index < -0.39 is 5.82 Å². The van der Waals surface area contributed by atoms with E-state index in [1.54, 1.807) is 12.1 Å². The van der Waals surface area contributed by atoms with Gasteiger partial charge in [-0.1, -0.05) is 23.2 Å². The highest BCUT2D eigenvalue weighted by atomic mass is 35.5. The molecule has 0 spiro atoms. The lowest BCUT2D eigenvalue weighted by atomic mass is 10.0. The third-order valence-corrected chi connectivity index (χ3v) is 9.00. The Bertz CT molecular complexity index is 1390. The van der Waals surface area contributed by atoms with E-state index in [-0.39, 0.29) is 23.7 Å². The first kappa shape index (κ1) is 30.7. The quantitative estimate of drug-likeness (QED) is 0.311. The van der Waals surface area contributed by atoms with Crippen LogP contribution in [-0.4, -0.2) is 83.9 Å². The summed E-state index contributed by atoms with van der Waals surface area (Å²) >= 11 is 13.0. The van der Waals surface area contributed by atoms with Crippen molar-refractivity contribution in [1.29, 1.82) is 0 Å². The predicted octanol–water partition coefficient (Wildman–Crippen LogP) is 6.06. The molecule has 226 valence electrons. The summed E-state index contributed by atoms with van der Waals surface area (Å²) in [5.41, 5.74) is 2.53. The summed E-state index contributed by atoms with van der Waals surface area (Å²) in [5, 5.41) is 10.0.